The summed E-state index contributed by atoms with van der Waals surface area (Å²) in [5, 5.41) is 3.92. The van der Waals surface area contributed by atoms with E-state index < -0.39 is 0 Å². The first-order valence-electron chi connectivity index (χ1n) is 3.97. The van der Waals surface area contributed by atoms with Crippen molar-refractivity contribution in [3.05, 3.63) is 24.7 Å². The van der Waals surface area contributed by atoms with Crippen LogP contribution in [0.2, 0.25) is 0 Å². The van der Waals surface area contributed by atoms with Gasteiger partial charge >= 0.3 is 0 Å². The number of hydrogen-bond acceptors (Lipinski definition) is 5. The van der Waals surface area contributed by atoms with E-state index in [1.165, 1.54) is 11.0 Å². The van der Waals surface area contributed by atoms with Crippen LogP contribution in [0.4, 0.5) is 5.95 Å². The highest BCUT2D eigenvalue weighted by molar-refractivity contribution is 5.28. The molecular weight excluding hydrogens is 182 g/mol. The van der Waals surface area contributed by atoms with E-state index >= 15 is 0 Å². The third kappa shape index (κ3) is 1.49. The molecule has 72 valence electrons. The molecule has 0 aliphatic rings. The summed E-state index contributed by atoms with van der Waals surface area (Å²) in [5.74, 6) is 1.57. The number of rotatable bonds is 2. The van der Waals surface area contributed by atoms with Crippen LogP contribution >= 0.6 is 0 Å². The summed E-state index contributed by atoms with van der Waals surface area (Å²) in [7, 11) is 1.59. The smallest absolute Gasteiger partial charge is 0.239 e. The van der Waals surface area contributed by atoms with E-state index in [2.05, 4.69) is 15.1 Å². The molecule has 0 saturated heterocycles. The highest BCUT2D eigenvalue weighted by atomic mass is 16.5. The lowest BCUT2D eigenvalue weighted by Crippen LogP contribution is -1.99. The minimum absolute atomic E-state index is 0.225. The van der Waals surface area contributed by atoms with Gasteiger partial charge in [0, 0.05) is 0 Å². The topological polar surface area (TPSA) is 78.9 Å². The van der Waals surface area contributed by atoms with Crippen LogP contribution in [0.5, 0.6) is 5.75 Å². The van der Waals surface area contributed by atoms with Crippen LogP contribution in [-0.4, -0.2) is 26.9 Å². The molecule has 2 aromatic heterocycles. The third-order valence-corrected chi connectivity index (χ3v) is 1.70. The monoisotopic (exact) mass is 191 g/mol. The van der Waals surface area contributed by atoms with E-state index in [1.807, 2.05) is 0 Å². The summed E-state index contributed by atoms with van der Waals surface area (Å²) in [6.07, 6.45) is 3.11. The van der Waals surface area contributed by atoms with E-state index in [4.69, 9.17) is 10.5 Å². The second kappa shape index (κ2) is 3.33. The summed E-state index contributed by atoms with van der Waals surface area (Å²) in [5.41, 5.74) is 5.38. The Bertz CT molecular complexity index is 422. The van der Waals surface area contributed by atoms with E-state index in [9.17, 15) is 0 Å². The average molecular weight is 191 g/mol. The lowest BCUT2D eigenvalue weighted by Gasteiger charge is -2.00. The van der Waals surface area contributed by atoms with Crippen LogP contribution < -0.4 is 10.5 Å². The minimum atomic E-state index is 0.225. The van der Waals surface area contributed by atoms with Crippen molar-refractivity contribution in [2.24, 2.45) is 0 Å². The third-order valence-electron chi connectivity index (χ3n) is 1.70. The van der Waals surface area contributed by atoms with Crippen molar-refractivity contribution in [1.29, 1.82) is 0 Å². The highest BCUT2D eigenvalue weighted by Crippen LogP contribution is 2.10. The number of pyridine rings is 1. The molecule has 0 bridgehead atoms. The van der Waals surface area contributed by atoms with E-state index in [0.29, 0.717) is 11.6 Å². The Hall–Kier alpha value is -2.11. The molecule has 0 atom stereocenters. The van der Waals surface area contributed by atoms with Crippen LogP contribution in [0, 0.1) is 0 Å². The quantitative estimate of drug-likeness (QED) is 0.736. The maximum atomic E-state index is 5.38. The van der Waals surface area contributed by atoms with Crippen LogP contribution in [0.3, 0.4) is 0 Å². The van der Waals surface area contributed by atoms with Gasteiger partial charge in [-0.2, -0.15) is 0 Å². The van der Waals surface area contributed by atoms with Crippen LogP contribution in [0.1, 0.15) is 0 Å². The number of ether oxygens (including phenoxy) is 1. The van der Waals surface area contributed by atoms with E-state index in [-0.39, 0.29) is 5.95 Å². The number of anilines is 1. The highest BCUT2D eigenvalue weighted by Gasteiger charge is 2.00. The van der Waals surface area contributed by atoms with E-state index in [1.54, 1.807) is 25.4 Å². The van der Waals surface area contributed by atoms with Gasteiger partial charge in [-0.25, -0.2) is 14.6 Å². The average Bonchev–Trinajstić information content (AvgIpc) is 2.65. The molecule has 0 aromatic carbocycles. The zero-order chi connectivity index (χ0) is 9.97. The summed E-state index contributed by atoms with van der Waals surface area (Å²) in [6.45, 7) is 0. The molecule has 0 radical (unpaired) electrons. The van der Waals surface area contributed by atoms with Crippen molar-refractivity contribution in [3.63, 3.8) is 0 Å². The van der Waals surface area contributed by atoms with Crippen LogP contribution in [0.25, 0.3) is 5.82 Å². The summed E-state index contributed by atoms with van der Waals surface area (Å²) >= 11 is 0. The predicted octanol–water partition coefficient (Wildman–Crippen LogP) is 0.253. The predicted molar refractivity (Wildman–Crippen MR) is 50.1 cm³/mol. The number of nitrogens with two attached hydrogens (primary N) is 1. The molecule has 0 aliphatic carbocycles. The lowest BCUT2D eigenvalue weighted by atomic mass is 10.4. The largest absolute Gasteiger partial charge is 0.495 e. The number of nitrogens with zero attached hydrogens (tertiary/aromatic N) is 4. The van der Waals surface area contributed by atoms with Crippen molar-refractivity contribution in [3.8, 4) is 11.6 Å². The number of methoxy groups -OCH3 is 1. The number of aromatic nitrogens is 4. The number of nitrogen functional groups attached to an aromatic ring is 1. The zero-order valence-electron chi connectivity index (χ0n) is 7.58. The minimum Gasteiger partial charge on any atom is -0.495 e. The second-order valence-corrected chi connectivity index (χ2v) is 2.60. The second-order valence-electron chi connectivity index (χ2n) is 2.60. The van der Waals surface area contributed by atoms with Crippen molar-refractivity contribution < 1.29 is 4.74 Å². The first-order valence-corrected chi connectivity index (χ1v) is 3.97. The molecule has 0 amide bonds. The fourth-order valence-electron chi connectivity index (χ4n) is 1.01. The Morgan fingerprint density at radius 3 is 2.71 bits per heavy atom. The molecule has 0 aliphatic heterocycles. The zero-order valence-corrected chi connectivity index (χ0v) is 7.58. The SMILES string of the molecule is COc1ccc(-n2cnc(N)n2)nc1. The molecule has 0 saturated carbocycles. The molecule has 6 heteroatoms. The van der Waals surface area contributed by atoms with Gasteiger partial charge in [-0.3, -0.25) is 0 Å². The molecule has 2 heterocycles. The van der Waals surface area contributed by atoms with Gasteiger partial charge in [0.05, 0.1) is 13.3 Å². The molecule has 0 fully saturated rings. The fraction of sp³-hybridized carbons (Fsp3) is 0.125. The van der Waals surface area contributed by atoms with Gasteiger partial charge in [0.15, 0.2) is 5.82 Å². The van der Waals surface area contributed by atoms with Gasteiger partial charge in [-0.05, 0) is 12.1 Å². The molecular formula is C8H9N5O. The molecule has 14 heavy (non-hydrogen) atoms. The van der Waals surface area contributed by atoms with Gasteiger partial charge in [0.2, 0.25) is 5.95 Å². The van der Waals surface area contributed by atoms with Crippen molar-refractivity contribution >= 4 is 5.95 Å². The first kappa shape index (κ1) is 8.49. The normalized spacial score (nSPS) is 10.1. The number of hydrogen-bond donors (Lipinski definition) is 1. The van der Waals surface area contributed by atoms with Gasteiger partial charge in [-0.1, -0.05) is 0 Å². The maximum absolute atomic E-state index is 5.38. The fourth-order valence-corrected chi connectivity index (χ4v) is 1.01. The Morgan fingerprint density at radius 2 is 2.21 bits per heavy atom. The molecule has 6 nitrogen and oxygen atoms in total. The molecule has 2 rings (SSSR count). The summed E-state index contributed by atoms with van der Waals surface area (Å²) in [6, 6.07) is 3.56. The summed E-state index contributed by atoms with van der Waals surface area (Å²) < 4.78 is 6.47. The Labute approximate surface area is 80.4 Å². The maximum Gasteiger partial charge on any atom is 0.239 e. The Morgan fingerprint density at radius 1 is 1.36 bits per heavy atom. The van der Waals surface area contributed by atoms with Gasteiger partial charge in [0.1, 0.15) is 12.1 Å². The van der Waals surface area contributed by atoms with E-state index in [0.717, 1.165) is 0 Å². The van der Waals surface area contributed by atoms with Crippen molar-refractivity contribution in [1.82, 2.24) is 19.7 Å². The van der Waals surface area contributed by atoms with Gasteiger partial charge in [-0.15, -0.1) is 5.10 Å². The van der Waals surface area contributed by atoms with Crippen molar-refractivity contribution in [2.75, 3.05) is 12.8 Å². The Balaban J connectivity index is 2.33. The standard InChI is InChI=1S/C8H9N5O/c1-14-6-2-3-7(10-4-6)13-5-11-8(9)12-13/h2-5H,1H3,(H2,9,12). The summed E-state index contributed by atoms with van der Waals surface area (Å²) in [4.78, 5) is 7.91. The van der Waals surface area contributed by atoms with Crippen LogP contribution in [-0.2, 0) is 0 Å². The molecule has 0 unspecified atom stereocenters. The molecule has 2 N–H and O–H groups in total. The first-order chi connectivity index (χ1) is 6.79. The van der Waals surface area contributed by atoms with Gasteiger partial charge < -0.3 is 10.5 Å². The molecule has 2 aromatic rings. The Kier molecular flexibility index (Phi) is 2.02. The van der Waals surface area contributed by atoms with Crippen LogP contribution in [0.15, 0.2) is 24.7 Å². The van der Waals surface area contributed by atoms with Crippen molar-refractivity contribution in [2.45, 2.75) is 0 Å². The molecule has 0 spiro atoms. The van der Waals surface area contributed by atoms with Gasteiger partial charge in [0.25, 0.3) is 0 Å². The lowest BCUT2D eigenvalue weighted by molar-refractivity contribution is 0.412.